The molecule has 0 aromatic rings. The molecule has 0 radical (unpaired) electrons. The van der Waals surface area contributed by atoms with E-state index in [4.69, 9.17) is 45.1 Å². The molecule has 0 amide bonds. The lowest BCUT2D eigenvalue weighted by molar-refractivity contribution is 0.108. The van der Waals surface area contributed by atoms with Crippen LogP contribution in [-0.2, 0) is 22.1 Å². The number of hydrogen-bond donors (Lipinski definition) is 4. The first-order valence-electron chi connectivity index (χ1n) is 9.41. The van der Waals surface area contributed by atoms with Gasteiger partial charge in [0, 0.05) is 46.6 Å². The van der Waals surface area contributed by atoms with Crippen LogP contribution in [0, 0.1) is 0 Å². The molecule has 0 aliphatic carbocycles. The lowest BCUT2D eigenvalue weighted by Gasteiger charge is -2.32. The molecule has 166 valence electrons. The van der Waals surface area contributed by atoms with Crippen LogP contribution in [0.1, 0.15) is 25.7 Å². The van der Waals surface area contributed by atoms with Crippen molar-refractivity contribution in [2.75, 3.05) is 61.7 Å². The van der Waals surface area contributed by atoms with Gasteiger partial charge in [0.2, 0.25) is 0 Å². The minimum absolute atomic E-state index is 0.192. The molecule has 0 spiro atoms. The fourth-order valence-corrected chi connectivity index (χ4v) is 7.89. The maximum atomic E-state index is 5.54. The molecule has 9 nitrogen and oxygen atoms in total. The zero-order valence-electron chi connectivity index (χ0n) is 18.2. The molecule has 11 heteroatoms. The van der Waals surface area contributed by atoms with Crippen molar-refractivity contribution >= 4 is 17.4 Å². The Morgan fingerprint density at radius 1 is 0.556 bits per heavy atom. The Morgan fingerprint density at radius 2 is 0.852 bits per heavy atom. The van der Waals surface area contributed by atoms with E-state index in [1.54, 1.807) is 35.5 Å². The molecule has 0 saturated heterocycles. The Hall–Kier alpha value is 0.0738. The molecule has 0 aromatic heterocycles. The Balaban J connectivity index is 0. The fourth-order valence-electron chi connectivity index (χ4n) is 3.14. The van der Waals surface area contributed by atoms with Gasteiger partial charge in [-0.25, -0.2) is 0 Å². The lowest BCUT2D eigenvalue weighted by atomic mass is 10.2. The zero-order valence-corrected chi connectivity index (χ0v) is 20.2. The molecule has 0 rings (SSSR count). The second-order valence-corrected chi connectivity index (χ2v) is 13.3. The zero-order chi connectivity index (χ0) is 21.3. The first-order valence-corrected chi connectivity index (χ1v) is 13.6. The van der Waals surface area contributed by atoms with Gasteiger partial charge < -0.3 is 45.1 Å². The summed E-state index contributed by atoms with van der Waals surface area (Å²) in [6.07, 6.45) is 3.50. The summed E-state index contributed by atoms with van der Waals surface area (Å²) in [4.78, 5) is 0. The van der Waals surface area contributed by atoms with Crippen LogP contribution in [0.15, 0.2) is 0 Å². The quantitative estimate of drug-likeness (QED) is 0.271. The van der Waals surface area contributed by atoms with Gasteiger partial charge in [0.1, 0.15) is 0 Å². The topological polar surface area (TPSA) is 150 Å². The van der Waals surface area contributed by atoms with Crippen LogP contribution in [0.25, 0.3) is 0 Å². The van der Waals surface area contributed by atoms with Gasteiger partial charge in [-0.3, -0.25) is 0 Å². The van der Waals surface area contributed by atoms with E-state index in [0.29, 0.717) is 31.7 Å². The highest BCUT2D eigenvalue weighted by Gasteiger charge is 2.46. The van der Waals surface area contributed by atoms with Crippen molar-refractivity contribution in [2.24, 2.45) is 22.9 Å². The SMILES string of the molecule is CO[Si](C)(OC)C(CCN)CCN.CO[Si](OC)(OC)C(CCN)CCN. The van der Waals surface area contributed by atoms with E-state index >= 15 is 0 Å². The largest absolute Gasteiger partial charge is 0.503 e. The number of nitrogens with two attached hydrogens (primary N) is 4. The number of rotatable bonds is 15. The highest BCUT2D eigenvalue weighted by molar-refractivity contribution is 6.67. The molecular formula is C16H44N4O5Si2. The highest BCUT2D eigenvalue weighted by Crippen LogP contribution is 2.30. The smallest absolute Gasteiger partial charge is 0.398 e. The van der Waals surface area contributed by atoms with Gasteiger partial charge >= 0.3 is 17.4 Å². The monoisotopic (exact) mass is 428 g/mol. The molecule has 0 heterocycles. The predicted octanol–water partition coefficient (Wildman–Crippen LogP) is 0.351. The molecule has 0 aliphatic rings. The van der Waals surface area contributed by atoms with Crippen LogP contribution in [0.4, 0.5) is 0 Å². The van der Waals surface area contributed by atoms with Crippen molar-refractivity contribution < 1.29 is 22.1 Å². The van der Waals surface area contributed by atoms with Crippen LogP contribution in [0.3, 0.4) is 0 Å². The van der Waals surface area contributed by atoms with Gasteiger partial charge in [0.15, 0.2) is 0 Å². The van der Waals surface area contributed by atoms with Gasteiger partial charge in [-0.1, -0.05) is 0 Å². The molecular weight excluding hydrogens is 384 g/mol. The van der Waals surface area contributed by atoms with Crippen molar-refractivity contribution in [3.8, 4) is 0 Å². The van der Waals surface area contributed by atoms with Crippen molar-refractivity contribution in [3.63, 3.8) is 0 Å². The molecule has 27 heavy (non-hydrogen) atoms. The van der Waals surface area contributed by atoms with Crippen molar-refractivity contribution in [1.29, 1.82) is 0 Å². The van der Waals surface area contributed by atoms with E-state index in [9.17, 15) is 0 Å². The average Bonchev–Trinajstić information content (AvgIpc) is 2.70. The van der Waals surface area contributed by atoms with E-state index in [2.05, 4.69) is 6.55 Å². The first-order chi connectivity index (χ1) is 12.8. The van der Waals surface area contributed by atoms with Crippen molar-refractivity contribution in [2.45, 2.75) is 43.3 Å². The minimum Gasteiger partial charge on any atom is -0.398 e. The maximum Gasteiger partial charge on any atom is 0.503 e. The maximum absolute atomic E-state index is 5.54. The summed E-state index contributed by atoms with van der Waals surface area (Å²) in [5.74, 6) is 0. The standard InChI is InChI=1S/C8H22N2O3Si.C8H22N2O2Si/c1-11-14(12-2,13-3)8(4-6-9)5-7-10;1-11-13(3,12-2)8(4-6-9)5-7-10/h8H,4-7,9-10H2,1-3H3;8H,4-7,9-10H2,1-3H3. The highest BCUT2D eigenvalue weighted by atomic mass is 28.4. The molecule has 0 aliphatic heterocycles. The molecule has 0 bridgehead atoms. The van der Waals surface area contributed by atoms with E-state index in [1.807, 2.05) is 0 Å². The van der Waals surface area contributed by atoms with Crippen LogP contribution >= 0.6 is 0 Å². The second-order valence-electron chi connectivity index (χ2n) is 6.34. The van der Waals surface area contributed by atoms with Crippen molar-refractivity contribution in [1.82, 2.24) is 0 Å². The van der Waals surface area contributed by atoms with Crippen molar-refractivity contribution in [3.05, 3.63) is 0 Å². The summed E-state index contributed by atoms with van der Waals surface area (Å²) in [5, 5.41) is 0. The molecule has 0 atom stereocenters. The van der Waals surface area contributed by atoms with Gasteiger partial charge in [0.05, 0.1) is 0 Å². The number of hydrogen-bond acceptors (Lipinski definition) is 9. The van der Waals surface area contributed by atoms with Gasteiger partial charge in [-0.2, -0.15) is 0 Å². The van der Waals surface area contributed by atoms with Gasteiger partial charge in [0.25, 0.3) is 0 Å². The molecule has 0 fully saturated rings. The lowest BCUT2D eigenvalue weighted by Crippen LogP contribution is -2.48. The molecule has 0 aromatic carbocycles. The Labute approximate surface area is 168 Å². The van der Waals surface area contributed by atoms with E-state index in [1.165, 1.54) is 0 Å². The van der Waals surface area contributed by atoms with Gasteiger partial charge in [-0.05, 0) is 58.4 Å². The summed E-state index contributed by atoms with van der Waals surface area (Å²) in [6, 6.07) is 0. The second kappa shape index (κ2) is 17.0. The summed E-state index contributed by atoms with van der Waals surface area (Å²) >= 11 is 0. The third-order valence-corrected chi connectivity index (χ3v) is 11.9. The molecule has 8 N–H and O–H groups in total. The normalized spacial score (nSPS) is 12.4. The average molecular weight is 429 g/mol. The first kappa shape index (κ1) is 29.3. The fraction of sp³-hybridized carbons (Fsp3) is 1.00. The van der Waals surface area contributed by atoms with Crippen LogP contribution in [0.5, 0.6) is 0 Å². The summed E-state index contributed by atoms with van der Waals surface area (Å²) in [6.45, 7) is 4.58. The van der Waals surface area contributed by atoms with E-state index in [0.717, 1.165) is 25.7 Å². The third-order valence-electron chi connectivity index (χ3n) is 4.97. The van der Waals surface area contributed by atoms with Crippen LogP contribution in [-0.4, -0.2) is 79.1 Å². The Morgan fingerprint density at radius 3 is 1.07 bits per heavy atom. The minimum atomic E-state index is -2.55. The Bertz CT molecular complexity index is 318. The van der Waals surface area contributed by atoms with Crippen LogP contribution in [0.2, 0.25) is 17.6 Å². The predicted molar refractivity (Wildman–Crippen MR) is 115 cm³/mol. The van der Waals surface area contributed by atoms with E-state index in [-0.39, 0.29) is 5.54 Å². The van der Waals surface area contributed by atoms with Crippen LogP contribution < -0.4 is 22.9 Å². The summed E-state index contributed by atoms with van der Waals surface area (Å²) in [5.41, 5.74) is 22.7. The summed E-state index contributed by atoms with van der Waals surface area (Å²) < 4.78 is 27.1. The molecule has 0 unspecified atom stereocenters. The van der Waals surface area contributed by atoms with E-state index < -0.39 is 17.4 Å². The molecule has 0 saturated carbocycles. The third kappa shape index (κ3) is 9.90. The Kier molecular flexibility index (Phi) is 18.4. The van der Waals surface area contributed by atoms with Gasteiger partial charge in [-0.15, -0.1) is 0 Å². The summed E-state index contributed by atoms with van der Waals surface area (Å²) in [7, 11) is 3.66.